The molecule has 2 fully saturated rings. The lowest BCUT2D eigenvalue weighted by Crippen LogP contribution is -2.44. The zero-order valence-electron chi connectivity index (χ0n) is 12.1. The number of hydrogen-bond acceptors (Lipinski definition) is 5. The second kappa shape index (κ2) is 6.73. The Morgan fingerprint density at radius 1 is 1.33 bits per heavy atom. The molecule has 1 aromatic rings. The molecule has 21 heavy (non-hydrogen) atoms. The van der Waals surface area contributed by atoms with E-state index in [4.69, 9.17) is 0 Å². The number of amides is 2. The third-order valence-electron chi connectivity index (χ3n) is 3.85. The zero-order valence-corrected chi connectivity index (χ0v) is 12.1. The number of nitrogens with zero attached hydrogens (tertiary/aromatic N) is 2. The summed E-state index contributed by atoms with van der Waals surface area (Å²) in [5.74, 6) is 1.01. The highest BCUT2D eigenvalue weighted by atomic mass is 16.2. The van der Waals surface area contributed by atoms with Gasteiger partial charge in [0.25, 0.3) is 0 Å². The summed E-state index contributed by atoms with van der Waals surface area (Å²) in [7, 11) is 0. The minimum atomic E-state index is -0.134. The SMILES string of the molecule is O=C(NCc1ccnc(N2CCCC2)c1)NC1CNNC1. The summed E-state index contributed by atoms with van der Waals surface area (Å²) < 4.78 is 0. The average molecular weight is 290 g/mol. The standard InChI is InChI=1S/C14H22N6O/c21-14(19-12-9-17-18-10-12)16-8-11-3-4-15-13(7-11)20-5-1-2-6-20/h3-4,7,12,17-18H,1-2,5-6,8-10H2,(H2,16,19,21). The van der Waals surface area contributed by atoms with Crippen LogP contribution in [0.15, 0.2) is 18.3 Å². The van der Waals surface area contributed by atoms with E-state index in [-0.39, 0.29) is 12.1 Å². The lowest BCUT2D eigenvalue weighted by Gasteiger charge is -2.17. The van der Waals surface area contributed by atoms with Crippen LogP contribution in [0.1, 0.15) is 18.4 Å². The second-order valence-corrected chi connectivity index (χ2v) is 5.50. The van der Waals surface area contributed by atoms with Gasteiger partial charge in [-0.3, -0.25) is 10.9 Å². The number of rotatable bonds is 4. The molecule has 0 aliphatic carbocycles. The molecule has 7 nitrogen and oxygen atoms in total. The molecule has 0 unspecified atom stereocenters. The first-order valence-electron chi connectivity index (χ1n) is 7.51. The number of aromatic nitrogens is 1. The van der Waals surface area contributed by atoms with Crippen LogP contribution in [0.25, 0.3) is 0 Å². The number of hydrazine groups is 1. The van der Waals surface area contributed by atoms with Crippen LogP contribution in [0.5, 0.6) is 0 Å². The molecule has 0 aromatic carbocycles. The van der Waals surface area contributed by atoms with Gasteiger partial charge < -0.3 is 15.5 Å². The summed E-state index contributed by atoms with van der Waals surface area (Å²) in [6.45, 7) is 4.17. The van der Waals surface area contributed by atoms with Gasteiger partial charge in [-0.2, -0.15) is 0 Å². The summed E-state index contributed by atoms with van der Waals surface area (Å²) in [6, 6.07) is 4.01. The monoisotopic (exact) mass is 290 g/mol. The van der Waals surface area contributed by atoms with Crippen LogP contribution in [0.4, 0.5) is 10.6 Å². The molecule has 0 radical (unpaired) electrons. The molecule has 3 heterocycles. The summed E-state index contributed by atoms with van der Waals surface area (Å²) >= 11 is 0. The minimum absolute atomic E-state index is 0.134. The van der Waals surface area contributed by atoms with Crippen LogP contribution in [0.3, 0.4) is 0 Å². The van der Waals surface area contributed by atoms with Crippen LogP contribution >= 0.6 is 0 Å². The molecule has 0 spiro atoms. The Bertz CT molecular complexity index is 482. The van der Waals surface area contributed by atoms with Crippen molar-refractivity contribution in [3.8, 4) is 0 Å². The third kappa shape index (κ3) is 3.83. The van der Waals surface area contributed by atoms with Gasteiger partial charge in [0.15, 0.2) is 0 Å². The Morgan fingerprint density at radius 2 is 2.10 bits per heavy atom. The van der Waals surface area contributed by atoms with E-state index in [0.717, 1.165) is 37.6 Å². The van der Waals surface area contributed by atoms with E-state index < -0.39 is 0 Å². The van der Waals surface area contributed by atoms with Gasteiger partial charge in [0, 0.05) is 38.9 Å². The van der Waals surface area contributed by atoms with Gasteiger partial charge in [-0.1, -0.05) is 0 Å². The van der Waals surface area contributed by atoms with Gasteiger partial charge in [-0.15, -0.1) is 0 Å². The van der Waals surface area contributed by atoms with Gasteiger partial charge in [0.1, 0.15) is 5.82 Å². The fraction of sp³-hybridized carbons (Fsp3) is 0.571. The number of anilines is 1. The first kappa shape index (κ1) is 14.1. The van der Waals surface area contributed by atoms with Crippen LogP contribution in [0.2, 0.25) is 0 Å². The molecule has 1 aromatic heterocycles. The number of urea groups is 1. The quantitative estimate of drug-likeness (QED) is 0.625. The normalized spacial score (nSPS) is 19.0. The minimum Gasteiger partial charge on any atom is -0.357 e. The van der Waals surface area contributed by atoms with Crippen molar-refractivity contribution in [2.24, 2.45) is 0 Å². The van der Waals surface area contributed by atoms with Crippen molar-refractivity contribution in [1.82, 2.24) is 26.5 Å². The number of hydrogen-bond donors (Lipinski definition) is 4. The van der Waals surface area contributed by atoms with E-state index >= 15 is 0 Å². The van der Waals surface area contributed by atoms with Gasteiger partial charge in [0.05, 0.1) is 6.04 Å². The Balaban J connectivity index is 1.50. The van der Waals surface area contributed by atoms with Gasteiger partial charge in [-0.25, -0.2) is 9.78 Å². The summed E-state index contributed by atoms with van der Waals surface area (Å²) in [6.07, 6.45) is 4.28. The van der Waals surface area contributed by atoms with Crippen molar-refractivity contribution >= 4 is 11.8 Å². The van der Waals surface area contributed by atoms with Crippen LogP contribution in [0, 0.1) is 0 Å². The molecule has 4 N–H and O–H groups in total. The van der Waals surface area contributed by atoms with Gasteiger partial charge >= 0.3 is 6.03 Å². The average Bonchev–Trinajstić information content (AvgIpc) is 3.19. The lowest BCUT2D eigenvalue weighted by molar-refractivity contribution is 0.238. The van der Waals surface area contributed by atoms with Crippen molar-refractivity contribution < 1.29 is 4.79 Å². The topological polar surface area (TPSA) is 81.3 Å². The molecule has 7 heteroatoms. The highest BCUT2D eigenvalue weighted by Crippen LogP contribution is 2.18. The van der Waals surface area contributed by atoms with Crippen molar-refractivity contribution in [1.29, 1.82) is 0 Å². The van der Waals surface area contributed by atoms with E-state index in [0.29, 0.717) is 6.54 Å². The Morgan fingerprint density at radius 3 is 2.86 bits per heavy atom. The van der Waals surface area contributed by atoms with E-state index in [1.807, 2.05) is 12.3 Å². The Labute approximate surface area is 124 Å². The summed E-state index contributed by atoms with van der Waals surface area (Å²) in [5.41, 5.74) is 7.04. The zero-order chi connectivity index (χ0) is 14.5. The van der Waals surface area contributed by atoms with Gasteiger partial charge in [0.2, 0.25) is 0 Å². The van der Waals surface area contributed by atoms with Crippen molar-refractivity contribution in [2.75, 3.05) is 31.1 Å². The largest absolute Gasteiger partial charge is 0.357 e. The maximum Gasteiger partial charge on any atom is 0.315 e. The molecule has 2 aliphatic rings. The number of carbonyl (C=O) groups excluding carboxylic acids is 1. The van der Waals surface area contributed by atoms with E-state index in [9.17, 15) is 4.79 Å². The van der Waals surface area contributed by atoms with Gasteiger partial charge in [-0.05, 0) is 30.5 Å². The Kier molecular flexibility index (Phi) is 4.52. The predicted molar refractivity (Wildman–Crippen MR) is 80.8 cm³/mol. The van der Waals surface area contributed by atoms with Crippen LogP contribution < -0.4 is 26.4 Å². The first-order chi connectivity index (χ1) is 10.3. The van der Waals surface area contributed by atoms with Crippen molar-refractivity contribution in [3.05, 3.63) is 23.9 Å². The third-order valence-corrected chi connectivity index (χ3v) is 3.85. The number of carbonyl (C=O) groups is 1. The van der Waals surface area contributed by atoms with E-state index in [1.165, 1.54) is 12.8 Å². The molecule has 2 aliphatic heterocycles. The fourth-order valence-electron chi connectivity index (χ4n) is 2.67. The molecule has 0 atom stereocenters. The second-order valence-electron chi connectivity index (χ2n) is 5.50. The Hall–Kier alpha value is -1.86. The molecular formula is C14H22N6O. The van der Waals surface area contributed by atoms with Crippen LogP contribution in [-0.4, -0.2) is 43.2 Å². The molecule has 2 amide bonds. The smallest absolute Gasteiger partial charge is 0.315 e. The number of nitrogens with one attached hydrogen (secondary N) is 4. The molecule has 3 rings (SSSR count). The van der Waals surface area contributed by atoms with Crippen molar-refractivity contribution in [3.63, 3.8) is 0 Å². The fourth-order valence-corrected chi connectivity index (χ4v) is 2.67. The maximum atomic E-state index is 11.8. The molecule has 0 bridgehead atoms. The summed E-state index contributed by atoms with van der Waals surface area (Å²) in [4.78, 5) is 18.5. The van der Waals surface area contributed by atoms with Crippen molar-refractivity contribution in [2.45, 2.75) is 25.4 Å². The van der Waals surface area contributed by atoms with E-state index in [1.54, 1.807) is 0 Å². The van der Waals surface area contributed by atoms with E-state index in [2.05, 4.69) is 37.4 Å². The molecule has 0 saturated carbocycles. The first-order valence-corrected chi connectivity index (χ1v) is 7.51. The summed E-state index contributed by atoms with van der Waals surface area (Å²) in [5, 5.41) is 5.81. The molecule has 114 valence electrons. The lowest BCUT2D eigenvalue weighted by atomic mass is 10.2. The highest BCUT2D eigenvalue weighted by Gasteiger charge is 2.16. The number of pyridine rings is 1. The highest BCUT2D eigenvalue weighted by molar-refractivity contribution is 5.74. The molecular weight excluding hydrogens is 268 g/mol. The predicted octanol–water partition coefficient (Wildman–Crippen LogP) is -0.0426. The van der Waals surface area contributed by atoms with Crippen LogP contribution in [-0.2, 0) is 6.54 Å². The molecule has 2 saturated heterocycles. The maximum absolute atomic E-state index is 11.8.